The molecule has 0 fully saturated rings. The average molecular weight is 447 g/mol. The molecule has 0 aliphatic heterocycles. The van der Waals surface area contributed by atoms with Crippen molar-refractivity contribution in [1.82, 2.24) is 4.72 Å². The Morgan fingerprint density at radius 1 is 1.10 bits per heavy atom. The number of methoxy groups -OCH3 is 1. The number of nitrogens with one attached hydrogen (secondary N) is 1. The second-order valence-corrected chi connectivity index (χ2v) is 8.04. The molecule has 3 aromatic rings. The molecular weight excluding hydrogens is 429 g/mol. The summed E-state index contributed by atoms with van der Waals surface area (Å²) >= 11 is 0. The van der Waals surface area contributed by atoms with Gasteiger partial charge in [0.2, 0.25) is 15.8 Å². The fraction of sp³-hybridized carbons (Fsp3) is 0.143. The van der Waals surface area contributed by atoms with Crippen molar-refractivity contribution in [2.45, 2.75) is 11.4 Å². The molecule has 3 rings (SSSR count). The minimum absolute atomic E-state index is 0.0615. The summed E-state index contributed by atoms with van der Waals surface area (Å²) in [6.45, 7) is -0.736. The molecule has 10 heteroatoms. The van der Waals surface area contributed by atoms with E-state index in [4.69, 9.17) is 13.9 Å². The number of rotatable bonds is 9. The van der Waals surface area contributed by atoms with Crippen molar-refractivity contribution >= 4 is 21.8 Å². The van der Waals surface area contributed by atoms with E-state index >= 15 is 0 Å². The Kier molecular flexibility index (Phi) is 6.83. The van der Waals surface area contributed by atoms with E-state index < -0.39 is 34.2 Å². The molecule has 31 heavy (non-hydrogen) atoms. The molecule has 0 amide bonds. The number of hydrogen-bond acceptors (Lipinski definition) is 7. The van der Waals surface area contributed by atoms with Crippen molar-refractivity contribution in [2.75, 3.05) is 13.7 Å². The van der Waals surface area contributed by atoms with Crippen LogP contribution in [0.4, 0.5) is 4.39 Å². The topological polar surface area (TPSA) is 112 Å². The van der Waals surface area contributed by atoms with Crippen LogP contribution in [0.25, 0.3) is 0 Å². The molecule has 162 valence electrons. The third kappa shape index (κ3) is 5.56. The Bertz CT molecular complexity index is 1190. The summed E-state index contributed by atoms with van der Waals surface area (Å²) in [5, 5.41) is 0. The highest BCUT2D eigenvalue weighted by atomic mass is 32.2. The fourth-order valence-electron chi connectivity index (χ4n) is 2.64. The first-order chi connectivity index (χ1) is 14.8. The van der Waals surface area contributed by atoms with Crippen molar-refractivity contribution in [1.29, 1.82) is 0 Å². The van der Waals surface area contributed by atoms with Gasteiger partial charge in [-0.25, -0.2) is 22.3 Å². The third-order valence-electron chi connectivity index (χ3n) is 4.19. The summed E-state index contributed by atoms with van der Waals surface area (Å²) in [4.78, 5) is 24.5. The second-order valence-electron chi connectivity index (χ2n) is 6.28. The first-order valence-electron chi connectivity index (χ1n) is 8.96. The Hall–Kier alpha value is -3.50. The molecule has 8 nitrogen and oxygen atoms in total. The Morgan fingerprint density at radius 2 is 1.90 bits per heavy atom. The number of Topliss-reactive ketones (excluding diaryl/α,β-unsaturated/α-hetero) is 1. The van der Waals surface area contributed by atoms with E-state index in [0.717, 1.165) is 18.2 Å². The molecule has 1 N–H and O–H groups in total. The molecular formula is C21H18FNO7S. The smallest absolute Gasteiger partial charge is 0.338 e. The van der Waals surface area contributed by atoms with Gasteiger partial charge in [-0.2, -0.15) is 0 Å². The SMILES string of the molecule is COc1ccc(F)cc1C(=O)COC(=O)c1cccc(S(=O)(=O)NCc2ccco2)c1. The van der Waals surface area contributed by atoms with Crippen LogP contribution in [0.2, 0.25) is 0 Å². The van der Waals surface area contributed by atoms with E-state index in [-0.39, 0.29) is 28.3 Å². The van der Waals surface area contributed by atoms with Crippen LogP contribution in [0, 0.1) is 5.82 Å². The van der Waals surface area contributed by atoms with Crippen LogP contribution in [-0.4, -0.2) is 33.9 Å². The molecule has 1 heterocycles. The molecule has 0 radical (unpaired) electrons. The normalized spacial score (nSPS) is 11.2. The lowest BCUT2D eigenvalue weighted by atomic mass is 10.1. The zero-order valence-corrected chi connectivity index (χ0v) is 17.1. The van der Waals surface area contributed by atoms with Crippen LogP contribution >= 0.6 is 0 Å². The lowest BCUT2D eigenvalue weighted by molar-refractivity contribution is 0.0473. The predicted molar refractivity (Wildman–Crippen MR) is 107 cm³/mol. The number of carbonyl (C=O) groups is 2. The van der Waals surface area contributed by atoms with Gasteiger partial charge in [0.05, 0.1) is 35.9 Å². The van der Waals surface area contributed by atoms with Gasteiger partial charge < -0.3 is 13.9 Å². The third-order valence-corrected chi connectivity index (χ3v) is 5.59. The monoisotopic (exact) mass is 447 g/mol. The maximum absolute atomic E-state index is 13.4. The maximum Gasteiger partial charge on any atom is 0.338 e. The molecule has 0 atom stereocenters. The van der Waals surface area contributed by atoms with Crippen LogP contribution in [0.1, 0.15) is 26.5 Å². The number of benzene rings is 2. The summed E-state index contributed by atoms with van der Waals surface area (Å²) in [6, 6.07) is 11.8. The van der Waals surface area contributed by atoms with E-state index in [1.807, 2.05) is 0 Å². The minimum Gasteiger partial charge on any atom is -0.496 e. The van der Waals surface area contributed by atoms with Crippen LogP contribution < -0.4 is 9.46 Å². The zero-order chi connectivity index (χ0) is 22.4. The highest BCUT2D eigenvalue weighted by Crippen LogP contribution is 2.20. The average Bonchev–Trinajstić information content (AvgIpc) is 3.30. The Balaban J connectivity index is 1.67. The van der Waals surface area contributed by atoms with Gasteiger partial charge in [0.1, 0.15) is 17.3 Å². The Morgan fingerprint density at radius 3 is 2.61 bits per heavy atom. The van der Waals surface area contributed by atoms with Gasteiger partial charge in [-0.15, -0.1) is 0 Å². The van der Waals surface area contributed by atoms with E-state index in [0.29, 0.717) is 5.76 Å². The van der Waals surface area contributed by atoms with Gasteiger partial charge in [0, 0.05) is 0 Å². The molecule has 1 aromatic heterocycles. The quantitative estimate of drug-likeness (QED) is 0.396. The first kappa shape index (κ1) is 22.2. The number of furan rings is 1. The molecule has 0 saturated carbocycles. The van der Waals surface area contributed by atoms with Gasteiger partial charge in [-0.3, -0.25) is 4.79 Å². The summed E-state index contributed by atoms with van der Waals surface area (Å²) in [5.41, 5.74) is -0.145. The van der Waals surface area contributed by atoms with Crippen molar-refractivity contribution in [3.63, 3.8) is 0 Å². The van der Waals surface area contributed by atoms with Crippen molar-refractivity contribution in [3.8, 4) is 5.75 Å². The van der Waals surface area contributed by atoms with Crippen LogP contribution in [0.5, 0.6) is 5.75 Å². The number of esters is 1. The summed E-state index contributed by atoms with van der Waals surface area (Å²) in [6.07, 6.45) is 1.42. The summed E-state index contributed by atoms with van der Waals surface area (Å²) < 4.78 is 55.7. The second kappa shape index (κ2) is 9.54. The fourth-order valence-corrected chi connectivity index (χ4v) is 3.68. The Labute approximate surface area is 177 Å². The van der Waals surface area contributed by atoms with Gasteiger partial charge in [-0.05, 0) is 48.5 Å². The van der Waals surface area contributed by atoms with Gasteiger partial charge in [-0.1, -0.05) is 6.07 Å². The predicted octanol–water partition coefficient (Wildman–Crippen LogP) is 2.95. The van der Waals surface area contributed by atoms with Gasteiger partial charge in [0.25, 0.3) is 0 Å². The molecule has 0 aliphatic rings. The van der Waals surface area contributed by atoms with E-state index in [9.17, 15) is 22.4 Å². The lowest BCUT2D eigenvalue weighted by Gasteiger charge is -2.09. The lowest BCUT2D eigenvalue weighted by Crippen LogP contribution is -2.23. The van der Waals surface area contributed by atoms with E-state index in [1.54, 1.807) is 12.1 Å². The number of carbonyl (C=O) groups excluding carboxylic acids is 2. The first-order valence-corrected chi connectivity index (χ1v) is 10.4. The van der Waals surface area contributed by atoms with Gasteiger partial charge >= 0.3 is 5.97 Å². The zero-order valence-electron chi connectivity index (χ0n) is 16.3. The van der Waals surface area contributed by atoms with Crippen LogP contribution in [-0.2, 0) is 21.3 Å². The van der Waals surface area contributed by atoms with Crippen molar-refractivity contribution in [3.05, 3.63) is 83.6 Å². The number of sulfonamides is 1. The molecule has 0 bridgehead atoms. The summed E-state index contributed by atoms with van der Waals surface area (Å²) in [7, 11) is -2.60. The van der Waals surface area contributed by atoms with Crippen molar-refractivity contribution in [2.24, 2.45) is 0 Å². The highest BCUT2D eigenvalue weighted by molar-refractivity contribution is 7.89. The minimum atomic E-state index is -3.92. The maximum atomic E-state index is 13.4. The molecule has 0 aliphatic carbocycles. The largest absolute Gasteiger partial charge is 0.496 e. The van der Waals surface area contributed by atoms with Crippen LogP contribution in [0.3, 0.4) is 0 Å². The van der Waals surface area contributed by atoms with E-state index in [2.05, 4.69) is 4.72 Å². The molecule has 2 aromatic carbocycles. The molecule has 0 saturated heterocycles. The number of ketones is 1. The molecule has 0 unspecified atom stereocenters. The molecule has 0 spiro atoms. The van der Waals surface area contributed by atoms with Crippen LogP contribution in [0.15, 0.2) is 70.2 Å². The standard InChI is InChI=1S/C21H18FNO7S/c1-28-20-8-7-15(22)11-18(20)19(24)13-30-21(25)14-4-2-6-17(10-14)31(26,27)23-12-16-5-3-9-29-16/h2-11,23H,12-13H2,1H3. The summed E-state index contributed by atoms with van der Waals surface area (Å²) in [5.74, 6) is -1.67. The van der Waals surface area contributed by atoms with Crippen molar-refractivity contribution < 1.29 is 36.3 Å². The number of ether oxygens (including phenoxy) is 2. The highest BCUT2D eigenvalue weighted by Gasteiger charge is 2.19. The number of hydrogen-bond donors (Lipinski definition) is 1. The van der Waals surface area contributed by atoms with E-state index in [1.165, 1.54) is 37.6 Å². The number of halogens is 1. The van der Waals surface area contributed by atoms with Gasteiger partial charge in [0.15, 0.2) is 6.61 Å².